The fourth-order valence-electron chi connectivity index (χ4n) is 1.74. The van der Waals surface area contributed by atoms with Crippen LogP contribution >= 0.6 is 0 Å². The van der Waals surface area contributed by atoms with E-state index >= 15 is 0 Å². The summed E-state index contributed by atoms with van der Waals surface area (Å²) in [5.41, 5.74) is 6.95. The van der Waals surface area contributed by atoms with Crippen LogP contribution in [0.5, 0.6) is 0 Å². The van der Waals surface area contributed by atoms with Crippen LogP contribution in [-0.4, -0.2) is 29.8 Å². The third-order valence-corrected chi connectivity index (χ3v) is 2.47. The van der Waals surface area contributed by atoms with Crippen molar-refractivity contribution < 1.29 is 5.11 Å². The first kappa shape index (κ1) is 12.9. The van der Waals surface area contributed by atoms with Gasteiger partial charge in [0.15, 0.2) is 0 Å². The zero-order chi connectivity index (χ0) is 12.0. The molecule has 0 amide bonds. The van der Waals surface area contributed by atoms with E-state index < -0.39 is 0 Å². The Bertz CT molecular complexity index is 309. The first-order valence-electron chi connectivity index (χ1n) is 5.77. The maximum atomic E-state index is 9.05. The molecule has 3 N–H and O–H groups in total. The van der Waals surface area contributed by atoms with E-state index in [1.807, 2.05) is 19.1 Å². The van der Waals surface area contributed by atoms with Crippen molar-refractivity contribution in [1.29, 1.82) is 0 Å². The summed E-state index contributed by atoms with van der Waals surface area (Å²) < 4.78 is 0. The average molecular weight is 223 g/mol. The van der Waals surface area contributed by atoms with Gasteiger partial charge < -0.3 is 15.7 Å². The Morgan fingerprint density at radius 2 is 2.25 bits per heavy atom. The van der Waals surface area contributed by atoms with Gasteiger partial charge in [0.25, 0.3) is 0 Å². The number of aliphatic hydroxyl groups is 1. The Balaban J connectivity index is 2.97. The Morgan fingerprint density at radius 1 is 1.50 bits per heavy atom. The van der Waals surface area contributed by atoms with Crippen molar-refractivity contribution in [3.05, 3.63) is 23.9 Å². The van der Waals surface area contributed by atoms with E-state index in [0.717, 1.165) is 24.3 Å². The molecular formula is C12H21N3O. The summed E-state index contributed by atoms with van der Waals surface area (Å²) in [6, 6.07) is 3.85. The standard InChI is InChI=1S/C12H21N3O/c1-3-7-15(8-9-16)12-11(10(2)13)5-4-6-14-12/h4-6,10,16H,3,7-9,13H2,1-2H3/t10-/m1/s1. The molecule has 0 saturated carbocycles. The minimum absolute atomic E-state index is 0.0400. The highest BCUT2D eigenvalue weighted by atomic mass is 16.3. The van der Waals surface area contributed by atoms with Crippen LogP contribution in [0.2, 0.25) is 0 Å². The Hall–Kier alpha value is -1.13. The van der Waals surface area contributed by atoms with Gasteiger partial charge in [-0.15, -0.1) is 0 Å². The van der Waals surface area contributed by atoms with Crippen molar-refractivity contribution in [3.8, 4) is 0 Å². The summed E-state index contributed by atoms with van der Waals surface area (Å²) in [5, 5.41) is 9.05. The second-order valence-electron chi connectivity index (χ2n) is 3.92. The number of nitrogens with zero attached hydrogens (tertiary/aromatic N) is 2. The summed E-state index contributed by atoms with van der Waals surface area (Å²) >= 11 is 0. The maximum absolute atomic E-state index is 9.05. The van der Waals surface area contributed by atoms with Crippen LogP contribution in [0.25, 0.3) is 0 Å². The predicted molar refractivity (Wildman–Crippen MR) is 66.4 cm³/mol. The Morgan fingerprint density at radius 3 is 2.81 bits per heavy atom. The molecule has 1 atom stereocenters. The van der Waals surface area contributed by atoms with E-state index in [9.17, 15) is 0 Å². The molecule has 4 heteroatoms. The molecule has 1 aromatic heterocycles. The van der Waals surface area contributed by atoms with Crippen molar-refractivity contribution >= 4 is 5.82 Å². The third kappa shape index (κ3) is 3.18. The fourth-order valence-corrected chi connectivity index (χ4v) is 1.74. The predicted octanol–water partition coefficient (Wildman–Crippen LogP) is 1.31. The molecule has 0 radical (unpaired) electrons. The molecular weight excluding hydrogens is 202 g/mol. The van der Waals surface area contributed by atoms with Crippen LogP contribution in [0.4, 0.5) is 5.82 Å². The molecule has 4 nitrogen and oxygen atoms in total. The zero-order valence-electron chi connectivity index (χ0n) is 10.1. The van der Waals surface area contributed by atoms with Crippen molar-refractivity contribution in [3.63, 3.8) is 0 Å². The van der Waals surface area contributed by atoms with Crippen molar-refractivity contribution in [1.82, 2.24) is 4.98 Å². The number of aromatic nitrogens is 1. The number of hydrogen-bond acceptors (Lipinski definition) is 4. The van der Waals surface area contributed by atoms with Gasteiger partial charge in [0.05, 0.1) is 6.61 Å². The minimum atomic E-state index is -0.0400. The van der Waals surface area contributed by atoms with Gasteiger partial charge in [-0.2, -0.15) is 0 Å². The second-order valence-corrected chi connectivity index (χ2v) is 3.92. The summed E-state index contributed by atoms with van der Waals surface area (Å²) in [6.07, 6.45) is 2.79. The van der Waals surface area contributed by atoms with Gasteiger partial charge in [0.1, 0.15) is 5.82 Å². The summed E-state index contributed by atoms with van der Waals surface area (Å²) in [7, 11) is 0. The van der Waals surface area contributed by atoms with E-state index in [0.29, 0.717) is 6.54 Å². The first-order chi connectivity index (χ1) is 7.70. The van der Waals surface area contributed by atoms with Crippen LogP contribution in [0.3, 0.4) is 0 Å². The topological polar surface area (TPSA) is 62.4 Å². The number of aliphatic hydroxyl groups excluding tert-OH is 1. The van der Waals surface area contributed by atoms with Crippen LogP contribution in [0, 0.1) is 0 Å². The molecule has 0 aliphatic carbocycles. The Kier molecular flexibility index (Phi) is 5.22. The van der Waals surface area contributed by atoms with Crippen LogP contribution in [-0.2, 0) is 0 Å². The summed E-state index contributed by atoms with van der Waals surface area (Å²) in [5.74, 6) is 0.897. The number of nitrogens with two attached hydrogens (primary N) is 1. The van der Waals surface area contributed by atoms with Crippen molar-refractivity contribution in [2.75, 3.05) is 24.6 Å². The highest BCUT2D eigenvalue weighted by molar-refractivity contribution is 5.48. The SMILES string of the molecule is CCCN(CCO)c1ncccc1[C@@H](C)N. The molecule has 0 fully saturated rings. The lowest BCUT2D eigenvalue weighted by molar-refractivity contribution is 0.301. The normalized spacial score (nSPS) is 12.5. The van der Waals surface area contributed by atoms with Crippen molar-refractivity contribution in [2.45, 2.75) is 26.3 Å². The number of pyridine rings is 1. The molecule has 90 valence electrons. The van der Waals surface area contributed by atoms with Gasteiger partial charge in [-0.05, 0) is 19.4 Å². The average Bonchev–Trinajstić information content (AvgIpc) is 2.29. The second kappa shape index (κ2) is 6.45. The lowest BCUT2D eigenvalue weighted by atomic mass is 10.1. The third-order valence-electron chi connectivity index (χ3n) is 2.47. The van der Waals surface area contributed by atoms with Crippen LogP contribution in [0.1, 0.15) is 31.9 Å². The molecule has 0 spiro atoms. The molecule has 0 aliphatic heterocycles. The van der Waals surface area contributed by atoms with Crippen molar-refractivity contribution in [2.24, 2.45) is 5.73 Å². The van der Waals surface area contributed by atoms with E-state index in [1.54, 1.807) is 6.20 Å². The molecule has 0 aliphatic rings. The molecule has 16 heavy (non-hydrogen) atoms. The smallest absolute Gasteiger partial charge is 0.133 e. The van der Waals surface area contributed by atoms with Crippen LogP contribution in [0.15, 0.2) is 18.3 Å². The maximum Gasteiger partial charge on any atom is 0.133 e. The quantitative estimate of drug-likeness (QED) is 0.763. The monoisotopic (exact) mass is 223 g/mol. The molecule has 0 aromatic carbocycles. The van der Waals surface area contributed by atoms with Crippen LogP contribution < -0.4 is 10.6 Å². The highest BCUT2D eigenvalue weighted by Gasteiger charge is 2.13. The molecule has 1 heterocycles. The number of rotatable bonds is 6. The zero-order valence-corrected chi connectivity index (χ0v) is 10.1. The molecule has 1 rings (SSSR count). The van der Waals surface area contributed by atoms with E-state index in [4.69, 9.17) is 10.8 Å². The minimum Gasteiger partial charge on any atom is -0.395 e. The number of hydrogen-bond donors (Lipinski definition) is 2. The van der Waals surface area contributed by atoms with Gasteiger partial charge in [-0.3, -0.25) is 0 Å². The summed E-state index contributed by atoms with van der Waals surface area (Å²) in [4.78, 5) is 6.45. The molecule has 0 unspecified atom stereocenters. The summed E-state index contributed by atoms with van der Waals surface area (Å²) in [6.45, 7) is 5.68. The molecule has 0 saturated heterocycles. The number of anilines is 1. The fraction of sp³-hybridized carbons (Fsp3) is 0.583. The van der Waals surface area contributed by atoms with Gasteiger partial charge in [-0.25, -0.2) is 4.98 Å². The van der Waals surface area contributed by atoms with E-state index in [1.165, 1.54) is 0 Å². The van der Waals surface area contributed by atoms with Gasteiger partial charge in [0.2, 0.25) is 0 Å². The largest absolute Gasteiger partial charge is 0.395 e. The van der Waals surface area contributed by atoms with Gasteiger partial charge >= 0.3 is 0 Å². The van der Waals surface area contributed by atoms with Gasteiger partial charge in [-0.1, -0.05) is 13.0 Å². The lowest BCUT2D eigenvalue weighted by Gasteiger charge is -2.25. The van der Waals surface area contributed by atoms with Gasteiger partial charge in [0, 0.05) is 30.9 Å². The Labute approximate surface area is 97.1 Å². The molecule has 0 bridgehead atoms. The van der Waals surface area contributed by atoms with E-state index in [2.05, 4.69) is 16.8 Å². The lowest BCUT2D eigenvalue weighted by Crippen LogP contribution is -2.30. The first-order valence-corrected chi connectivity index (χ1v) is 5.77. The molecule has 1 aromatic rings. The highest BCUT2D eigenvalue weighted by Crippen LogP contribution is 2.22. The van der Waals surface area contributed by atoms with E-state index in [-0.39, 0.29) is 12.6 Å².